The number of halogens is 1. The van der Waals surface area contributed by atoms with Gasteiger partial charge in [-0.15, -0.1) is 0 Å². The number of hydrogen-bond donors (Lipinski definition) is 1. The molecule has 0 aromatic heterocycles. The number of benzene rings is 1. The van der Waals surface area contributed by atoms with E-state index < -0.39 is 0 Å². The first-order valence-corrected chi connectivity index (χ1v) is 7.45. The van der Waals surface area contributed by atoms with Crippen molar-refractivity contribution in [3.63, 3.8) is 0 Å². The fourth-order valence-corrected chi connectivity index (χ4v) is 2.56. The first-order valence-electron chi connectivity index (χ1n) is 5.18. The van der Waals surface area contributed by atoms with E-state index in [1.807, 2.05) is 26.0 Å². The molecule has 0 fully saturated rings. The fraction of sp³-hybridized carbons (Fsp3) is 0.364. The Labute approximate surface area is 152 Å². The van der Waals surface area contributed by atoms with Gasteiger partial charge in [-0.3, -0.25) is 9.83 Å². The second-order valence-corrected chi connectivity index (χ2v) is 5.49. The quantitative estimate of drug-likeness (QED) is 0.169. The number of amides is 1. The maximum absolute atomic E-state index is 11.6. The molecule has 19 heavy (non-hydrogen) atoms. The van der Waals surface area contributed by atoms with Crippen molar-refractivity contribution in [3.05, 3.63) is 23.3 Å². The smallest absolute Gasteiger partial charge is 0.691 e. The van der Waals surface area contributed by atoms with Gasteiger partial charge >= 0.3 is 29.6 Å². The van der Waals surface area contributed by atoms with Crippen LogP contribution in [0.4, 0.5) is 5.69 Å². The van der Waals surface area contributed by atoms with Crippen molar-refractivity contribution in [3.8, 4) is 0 Å². The molecule has 100 valence electrons. The van der Waals surface area contributed by atoms with Crippen molar-refractivity contribution < 1.29 is 49.0 Å². The standard InChI is InChI=1S/C11H14INO4S.Na/c1-7-5-9(18-17-16-15)6-8(2)11(7)13-10(14)3-4-12;/h5-6,15H,3-4H2,1-2H3,(H,13,14);/q;+1/p-1. The summed E-state index contributed by atoms with van der Waals surface area (Å²) < 4.78 is 5.04. The van der Waals surface area contributed by atoms with Gasteiger partial charge in [-0.2, -0.15) is 4.33 Å². The van der Waals surface area contributed by atoms with Crippen LogP contribution in [0.2, 0.25) is 0 Å². The Morgan fingerprint density at radius 1 is 1.42 bits per heavy atom. The number of anilines is 1. The van der Waals surface area contributed by atoms with E-state index in [0.29, 0.717) is 6.42 Å². The van der Waals surface area contributed by atoms with Crippen LogP contribution in [0.1, 0.15) is 17.5 Å². The zero-order chi connectivity index (χ0) is 13.5. The molecule has 1 aromatic carbocycles. The third-order valence-electron chi connectivity index (χ3n) is 2.25. The van der Waals surface area contributed by atoms with Gasteiger partial charge in [0.1, 0.15) is 0 Å². The van der Waals surface area contributed by atoms with E-state index in [9.17, 15) is 10.1 Å². The number of hydrogen-bond acceptors (Lipinski definition) is 5. The van der Waals surface area contributed by atoms with E-state index in [2.05, 4.69) is 37.3 Å². The second-order valence-electron chi connectivity index (χ2n) is 3.64. The van der Waals surface area contributed by atoms with Gasteiger partial charge in [0.05, 0.1) is 12.0 Å². The molecule has 0 aliphatic carbocycles. The summed E-state index contributed by atoms with van der Waals surface area (Å²) in [4.78, 5) is 12.3. The minimum Gasteiger partial charge on any atom is -0.691 e. The maximum Gasteiger partial charge on any atom is 1.00 e. The summed E-state index contributed by atoms with van der Waals surface area (Å²) in [5.74, 6) is -0.00450. The summed E-state index contributed by atoms with van der Waals surface area (Å²) in [6.07, 6.45) is 0.489. The second kappa shape index (κ2) is 10.4. The molecule has 1 N–H and O–H groups in total. The van der Waals surface area contributed by atoms with Crippen LogP contribution < -0.4 is 40.1 Å². The van der Waals surface area contributed by atoms with Crippen molar-refractivity contribution >= 4 is 46.2 Å². The van der Waals surface area contributed by atoms with Crippen molar-refractivity contribution in [2.24, 2.45) is 0 Å². The van der Waals surface area contributed by atoms with Gasteiger partial charge in [0, 0.05) is 21.4 Å². The van der Waals surface area contributed by atoms with Crippen molar-refractivity contribution in [1.29, 1.82) is 0 Å². The molecule has 0 radical (unpaired) electrons. The zero-order valence-corrected chi connectivity index (χ0v) is 16.0. The van der Waals surface area contributed by atoms with Gasteiger partial charge in [-0.1, -0.05) is 22.6 Å². The molecule has 0 unspecified atom stereocenters. The summed E-state index contributed by atoms with van der Waals surface area (Å²) in [7, 11) is 0. The van der Waals surface area contributed by atoms with Gasteiger partial charge in [0.15, 0.2) is 0 Å². The third kappa shape index (κ3) is 6.76. The first-order chi connectivity index (χ1) is 8.58. The number of carbonyl (C=O) groups excluding carboxylic acids is 1. The van der Waals surface area contributed by atoms with Crippen LogP contribution in [0.3, 0.4) is 0 Å². The minimum absolute atomic E-state index is 0. The first kappa shape index (κ1) is 19.7. The topological polar surface area (TPSA) is 70.6 Å². The molecule has 0 saturated carbocycles. The third-order valence-corrected chi connectivity index (χ3v) is 3.34. The molecule has 1 amide bonds. The van der Waals surface area contributed by atoms with Gasteiger partial charge in [-0.05, 0) is 37.1 Å². The molecular weight excluding hydrogens is 392 g/mol. The largest absolute Gasteiger partial charge is 1.00 e. The van der Waals surface area contributed by atoms with Gasteiger partial charge in [-0.25, -0.2) is 0 Å². The normalized spacial score (nSPS) is 9.89. The Bertz CT molecular complexity index is 410. The predicted molar refractivity (Wildman–Crippen MR) is 76.1 cm³/mol. The molecule has 0 aliphatic heterocycles. The number of rotatable bonds is 6. The summed E-state index contributed by atoms with van der Waals surface area (Å²) in [5.41, 5.74) is 2.62. The molecule has 0 atom stereocenters. The molecular formula is C11H13INNaO4S. The number of aryl methyl sites for hydroxylation is 2. The molecule has 8 heteroatoms. The molecule has 0 aliphatic rings. The number of nitrogens with one attached hydrogen (secondary N) is 1. The average Bonchev–Trinajstić information content (AvgIpc) is 2.31. The van der Waals surface area contributed by atoms with Gasteiger partial charge < -0.3 is 10.6 Å². The molecule has 1 aromatic rings. The molecule has 0 heterocycles. The summed E-state index contributed by atoms with van der Waals surface area (Å²) in [5, 5.41) is 15.9. The van der Waals surface area contributed by atoms with Gasteiger partial charge in [0.2, 0.25) is 5.91 Å². The van der Waals surface area contributed by atoms with Crippen LogP contribution in [0.5, 0.6) is 0 Å². The zero-order valence-electron chi connectivity index (χ0n) is 11.0. The fourth-order valence-electron chi connectivity index (χ4n) is 1.51. The van der Waals surface area contributed by atoms with E-state index in [0.717, 1.165) is 38.2 Å². The summed E-state index contributed by atoms with van der Waals surface area (Å²) in [6.45, 7) is 3.77. The Morgan fingerprint density at radius 3 is 2.47 bits per heavy atom. The SMILES string of the molecule is Cc1cc(SOO[O-])cc(C)c1NC(=O)CCI.[Na+]. The minimum atomic E-state index is -0.00450. The predicted octanol–water partition coefficient (Wildman–Crippen LogP) is -0.698. The van der Waals surface area contributed by atoms with Crippen LogP contribution in [-0.2, 0) is 14.2 Å². The Hall–Kier alpha value is 0.650. The number of alkyl halides is 1. The Kier molecular flexibility index (Phi) is 10.7. The van der Waals surface area contributed by atoms with Crippen LogP contribution in [0, 0.1) is 13.8 Å². The van der Waals surface area contributed by atoms with Crippen LogP contribution >= 0.6 is 34.6 Å². The van der Waals surface area contributed by atoms with Crippen LogP contribution in [0.25, 0.3) is 0 Å². The molecule has 0 saturated heterocycles. The average molecular weight is 405 g/mol. The van der Waals surface area contributed by atoms with Crippen molar-refractivity contribution in [1.82, 2.24) is 0 Å². The van der Waals surface area contributed by atoms with Crippen LogP contribution in [0.15, 0.2) is 17.0 Å². The molecule has 5 nitrogen and oxygen atoms in total. The van der Waals surface area contributed by atoms with Crippen molar-refractivity contribution in [2.75, 3.05) is 9.74 Å². The van der Waals surface area contributed by atoms with Crippen LogP contribution in [-0.4, -0.2) is 10.3 Å². The Morgan fingerprint density at radius 2 is 2.00 bits per heavy atom. The number of carbonyl (C=O) groups is 1. The Balaban J connectivity index is 0.00000324. The van der Waals surface area contributed by atoms with E-state index in [4.69, 9.17) is 0 Å². The monoisotopic (exact) mass is 405 g/mol. The summed E-state index contributed by atoms with van der Waals surface area (Å²) in [6, 6.07) is 3.63. The van der Waals surface area contributed by atoms with Gasteiger partial charge in [0.25, 0.3) is 0 Å². The van der Waals surface area contributed by atoms with E-state index in [-0.39, 0.29) is 35.5 Å². The maximum atomic E-state index is 11.6. The van der Waals surface area contributed by atoms with E-state index in [1.54, 1.807) is 0 Å². The van der Waals surface area contributed by atoms with E-state index >= 15 is 0 Å². The summed E-state index contributed by atoms with van der Waals surface area (Å²) >= 11 is 3.00. The van der Waals surface area contributed by atoms with Crippen molar-refractivity contribution in [2.45, 2.75) is 25.2 Å². The van der Waals surface area contributed by atoms with E-state index in [1.165, 1.54) is 0 Å². The molecule has 0 spiro atoms. The molecule has 1 rings (SSSR count). The molecule has 0 bridgehead atoms.